The minimum atomic E-state index is 0.284. The Morgan fingerprint density at radius 3 is 2.70 bits per heavy atom. The van der Waals surface area contributed by atoms with Gasteiger partial charge in [-0.05, 0) is 6.42 Å². The lowest BCUT2D eigenvalue weighted by Gasteiger charge is -2.15. The van der Waals surface area contributed by atoms with Gasteiger partial charge < -0.3 is 18.8 Å². The number of ether oxygens (including phenoxy) is 3. The van der Waals surface area contributed by atoms with Crippen LogP contribution in [0.4, 0.5) is 0 Å². The summed E-state index contributed by atoms with van der Waals surface area (Å²) in [6, 6.07) is 4.12. The highest BCUT2D eigenvalue weighted by molar-refractivity contribution is 6.16. The zero-order valence-corrected chi connectivity index (χ0v) is 12.3. The predicted octanol–water partition coefficient (Wildman–Crippen LogP) is 2.75. The second-order valence-electron chi connectivity index (χ2n) is 4.74. The van der Waals surface area contributed by atoms with Gasteiger partial charge in [-0.15, -0.1) is 11.6 Å². The van der Waals surface area contributed by atoms with Crippen molar-refractivity contribution in [3.8, 4) is 11.5 Å². The summed E-state index contributed by atoms with van der Waals surface area (Å²) in [5, 5.41) is 0. The summed E-state index contributed by atoms with van der Waals surface area (Å²) in [5.41, 5.74) is 1.87. The molecule has 1 unspecified atom stereocenters. The van der Waals surface area contributed by atoms with E-state index in [0.29, 0.717) is 24.0 Å². The molecule has 6 heteroatoms. The van der Waals surface area contributed by atoms with Gasteiger partial charge in [0.05, 0.1) is 43.8 Å². The topological polar surface area (TPSA) is 45.5 Å². The Balaban J connectivity index is 2.20. The molecule has 1 aliphatic heterocycles. The molecule has 108 valence electrons. The zero-order valence-electron chi connectivity index (χ0n) is 11.6. The van der Waals surface area contributed by atoms with Crippen LogP contribution in [-0.2, 0) is 10.6 Å². The minimum Gasteiger partial charge on any atom is -0.493 e. The lowest BCUT2D eigenvalue weighted by atomic mass is 10.2. The third kappa shape index (κ3) is 2.11. The average molecular weight is 297 g/mol. The van der Waals surface area contributed by atoms with E-state index in [1.807, 2.05) is 12.1 Å². The summed E-state index contributed by atoms with van der Waals surface area (Å²) in [6.45, 7) is 1.48. The number of rotatable bonds is 4. The first kappa shape index (κ1) is 13.5. The van der Waals surface area contributed by atoms with Gasteiger partial charge in [0, 0.05) is 18.7 Å². The Labute approximate surface area is 122 Å². The average Bonchev–Trinajstić information content (AvgIpc) is 3.11. The van der Waals surface area contributed by atoms with Gasteiger partial charge in [-0.25, -0.2) is 4.98 Å². The molecule has 1 aromatic heterocycles. The molecular weight excluding hydrogens is 280 g/mol. The van der Waals surface area contributed by atoms with Gasteiger partial charge in [-0.1, -0.05) is 0 Å². The molecule has 0 bridgehead atoms. The fourth-order valence-corrected chi connectivity index (χ4v) is 2.89. The third-order valence-corrected chi connectivity index (χ3v) is 3.90. The fourth-order valence-electron chi connectivity index (χ4n) is 2.70. The van der Waals surface area contributed by atoms with Crippen LogP contribution in [-0.4, -0.2) is 37.0 Å². The molecule has 0 saturated carbocycles. The molecule has 1 atom stereocenters. The second kappa shape index (κ2) is 5.50. The largest absolute Gasteiger partial charge is 0.493 e. The monoisotopic (exact) mass is 296 g/mol. The van der Waals surface area contributed by atoms with Crippen LogP contribution in [0.15, 0.2) is 12.1 Å². The highest BCUT2D eigenvalue weighted by Gasteiger charge is 2.24. The molecule has 0 spiro atoms. The summed E-state index contributed by atoms with van der Waals surface area (Å²) in [7, 11) is 3.25. The van der Waals surface area contributed by atoms with Crippen molar-refractivity contribution in [1.82, 2.24) is 9.55 Å². The van der Waals surface area contributed by atoms with E-state index in [1.54, 1.807) is 14.2 Å². The maximum Gasteiger partial charge on any atom is 0.163 e. The fraction of sp³-hybridized carbons (Fsp3) is 0.500. The lowest BCUT2D eigenvalue weighted by Crippen LogP contribution is -2.11. The number of alkyl halides is 1. The van der Waals surface area contributed by atoms with Crippen LogP contribution in [0.25, 0.3) is 11.0 Å². The second-order valence-corrected chi connectivity index (χ2v) is 5.01. The van der Waals surface area contributed by atoms with Crippen LogP contribution >= 0.6 is 11.6 Å². The van der Waals surface area contributed by atoms with Crippen molar-refractivity contribution in [3.63, 3.8) is 0 Å². The summed E-state index contributed by atoms with van der Waals surface area (Å²) >= 11 is 6.04. The zero-order chi connectivity index (χ0) is 14.1. The normalized spacial score (nSPS) is 18.6. The molecule has 1 aliphatic rings. The van der Waals surface area contributed by atoms with E-state index in [9.17, 15) is 0 Å². The van der Waals surface area contributed by atoms with E-state index in [-0.39, 0.29) is 6.04 Å². The van der Waals surface area contributed by atoms with Crippen LogP contribution in [0.2, 0.25) is 0 Å². The number of hydrogen-bond donors (Lipinski definition) is 0. The van der Waals surface area contributed by atoms with E-state index in [0.717, 1.165) is 29.9 Å². The Bertz CT molecular complexity index is 620. The lowest BCUT2D eigenvalue weighted by molar-refractivity contribution is 0.187. The van der Waals surface area contributed by atoms with E-state index in [2.05, 4.69) is 9.55 Å². The predicted molar refractivity (Wildman–Crippen MR) is 76.9 cm³/mol. The van der Waals surface area contributed by atoms with Crippen LogP contribution in [0.3, 0.4) is 0 Å². The van der Waals surface area contributed by atoms with Crippen molar-refractivity contribution in [2.75, 3.05) is 27.4 Å². The quantitative estimate of drug-likeness (QED) is 0.814. The molecule has 1 aromatic carbocycles. The van der Waals surface area contributed by atoms with Gasteiger partial charge in [0.2, 0.25) is 0 Å². The molecule has 0 amide bonds. The molecule has 1 fully saturated rings. The Hall–Kier alpha value is -1.46. The van der Waals surface area contributed by atoms with E-state index >= 15 is 0 Å². The van der Waals surface area contributed by atoms with Crippen molar-refractivity contribution in [2.45, 2.75) is 18.3 Å². The van der Waals surface area contributed by atoms with Crippen molar-refractivity contribution >= 4 is 22.6 Å². The molecule has 2 aromatic rings. The van der Waals surface area contributed by atoms with E-state index in [4.69, 9.17) is 25.8 Å². The van der Waals surface area contributed by atoms with Crippen molar-refractivity contribution < 1.29 is 14.2 Å². The molecule has 20 heavy (non-hydrogen) atoms. The van der Waals surface area contributed by atoms with Crippen molar-refractivity contribution in [2.24, 2.45) is 0 Å². The summed E-state index contributed by atoms with van der Waals surface area (Å²) in [5.74, 6) is 2.60. The standard InChI is InChI=1S/C14H17ClN2O3/c1-18-12-5-10-11(6-13(12)19-2)17(14(7-15)16-10)9-3-4-20-8-9/h5-6,9H,3-4,7-8H2,1-2H3. The van der Waals surface area contributed by atoms with Gasteiger partial charge in [-0.3, -0.25) is 0 Å². The first-order valence-electron chi connectivity index (χ1n) is 6.55. The van der Waals surface area contributed by atoms with Crippen molar-refractivity contribution in [3.05, 3.63) is 18.0 Å². The van der Waals surface area contributed by atoms with Crippen LogP contribution in [0, 0.1) is 0 Å². The maximum atomic E-state index is 6.04. The van der Waals surface area contributed by atoms with Gasteiger partial charge in [0.1, 0.15) is 5.82 Å². The molecule has 3 rings (SSSR count). The molecule has 0 N–H and O–H groups in total. The Morgan fingerprint density at radius 1 is 1.35 bits per heavy atom. The van der Waals surface area contributed by atoms with E-state index in [1.165, 1.54) is 0 Å². The number of methoxy groups -OCH3 is 2. The molecule has 0 radical (unpaired) electrons. The molecular formula is C14H17ClN2O3. The molecule has 1 saturated heterocycles. The van der Waals surface area contributed by atoms with Crippen LogP contribution in [0.1, 0.15) is 18.3 Å². The Kier molecular flexibility index (Phi) is 3.72. The van der Waals surface area contributed by atoms with Crippen LogP contribution in [0.5, 0.6) is 11.5 Å². The highest BCUT2D eigenvalue weighted by Crippen LogP contribution is 2.35. The van der Waals surface area contributed by atoms with Gasteiger partial charge in [0.25, 0.3) is 0 Å². The molecule has 0 aliphatic carbocycles. The first-order chi connectivity index (χ1) is 9.78. The smallest absolute Gasteiger partial charge is 0.163 e. The number of halogens is 1. The Morgan fingerprint density at radius 2 is 2.10 bits per heavy atom. The summed E-state index contributed by atoms with van der Waals surface area (Å²) in [6.07, 6.45) is 0.976. The maximum absolute atomic E-state index is 6.04. The van der Waals surface area contributed by atoms with Gasteiger partial charge in [0.15, 0.2) is 11.5 Å². The van der Waals surface area contributed by atoms with Crippen LogP contribution < -0.4 is 9.47 Å². The third-order valence-electron chi connectivity index (χ3n) is 3.66. The van der Waals surface area contributed by atoms with Crippen molar-refractivity contribution in [1.29, 1.82) is 0 Å². The van der Waals surface area contributed by atoms with Gasteiger partial charge >= 0.3 is 0 Å². The molecule has 2 heterocycles. The highest BCUT2D eigenvalue weighted by atomic mass is 35.5. The molecule has 5 nitrogen and oxygen atoms in total. The van der Waals surface area contributed by atoms with Gasteiger partial charge in [-0.2, -0.15) is 0 Å². The number of nitrogens with zero attached hydrogens (tertiary/aromatic N) is 2. The number of benzene rings is 1. The first-order valence-corrected chi connectivity index (χ1v) is 7.08. The minimum absolute atomic E-state index is 0.284. The number of fused-ring (bicyclic) bond motifs is 1. The number of hydrogen-bond acceptors (Lipinski definition) is 4. The number of aromatic nitrogens is 2. The SMILES string of the molecule is COc1cc2nc(CCl)n(C3CCOC3)c2cc1OC. The number of imidazole rings is 1. The van der Waals surface area contributed by atoms with E-state index < -0.39 is 0 Å². The summed E-state index contributed by atoms with van der Waals surface area (Å²) < 4.78 is 18.3. The summed E-state index contributed by atoms with van der Waals surface area (Å²) in [4.78, 5) is 4.60.